The molecule has 1 aromatic carbocycles. The summed E-state index contributed by atoms with van der Waals surface area (Å²) in [6.45, 7) is 7.93. The zero-order chi connectivity index (χ0) is 19.8. The van der Waals surface area contributed by atoms with E-state index in [0.717, 1.165) is 16.5 Å². The fourth-order valence-electron chi connectivity index (χ4n) is 2.93. The summed E-state index contributed by atoms with van der Waals surface area (Å²) in [4.78, 5) is 32.3. The third-order valence-electron chi connectivity index (χ3n) is 4.29. The van der Waals surface area contributed by atoms with Gasteiger partial charge in [0.05, 0.1) is 17.1 Å². The number of piperazine rings is 1. The van der Waals surface area contributed by atoms with E-state index < -0.39 is 11.7 Å². The van der Waals surface area contributed by atoms with Gasteiger partial charge in [-0.05, 0) is 57.5 Å². The molecule has 27 heavy (non-hydrogen) atoms. The van der Waals surface area contributed by atoms with E-state index in [1.165, 1.54) is 4.90 Å². The van der Waals surface area contributed by atoms with Crippen molar-refractivity contribution in [1.82, 2.24) is 9.88 Å². The standard InChI is InChI=1S/C20H22N4O3/c1-13-9-16-14(10-15(13)11-21)5-6-17(22-16)24-8-7-23(12-18(24)25)19(26)27-20(2,3)4/h5-6,9-10H,7-8,12H2,1-4H3. The summed E-state index contributed by atoms with van der Waals surface area (Å²) in [6, 6.07) is 9.42. The Labute approximate surface area is 158 Å². The number of aryl methyl sites for hydroxylation is 1. The lowest BCUT2D eigenvalue weighted by atomic mass is 10.1. The second-order valence-corrected chi connectivity index (χ2v) is 7.59. The molecule has 1 aromatic heterocycles. The van der Waals surface area contributed by atoms with Crippen LogP contribution in [0.4, 0.5) is 10.6 Å². The molecule has 0 radical (unpaired) electrons. The van der Waals surface area contributed by atoms with Gasteiger partial charge < -0.3 is 4.74 Å². The number of amides is 2. The zero-order valence-corrected chi connectivity index (χ0v) is 15.9. The van der Waals surface area contributed by atoms with Crippen molar-refractivity contribution < 1.29 is 14.3 Å². The number of pyridine rings is 1. The summed E-state index contributed by atoms with van der Waals surface area (Å²) in [6.07, 6.45) is -0.485. The topological polar surface area (TPSA) is 86.5 Å². The van der Waals surface area contributed by atoms with Crippen molar-refractivity contribution in [1.29, 1.82) is 5.26 Å². The van der Waals surface area contributed by atoms with E-state index in [2.05, 4.69) is 11.1 Å². The predicted molar refractivity (Wildman–Crippen MR) is 101 cm³/mol. The van der Waals surface area contributed by atoms with Gasteiger partial charge in [-0.1, -0.05) is 0 Å². The highest BCUT2D eigenvalue weighted by atomic mass is 16.6. The largest absolute Gasteiger partial charge is 0.444 e. The maximum Gasteiger partial charge on any atom is 0.410 e. The predicted octanol–water partition coefficient (Wildman–Crippen LogP) is 3.00. The van der Waals surface area contributed by atoms with E-state index in [1.54, 1.807) is 37.8 Å². The Morgan fingerprint density at radius 3 is 2.63 bits per heavy atom. The lowest BCUT2D eigenvalue weighted by Crippen LogP contribution is -2.53. The van der Waals surface area contributed by atoms with Crippen LogP contribution in [0.5, 0.6) is 0 Å². The second kappa shape index (κ2) is 6.88. The maximum absolute atomic E-state index is 12.6. The van der Waals surface area contributed by atoms with Gasteiger partial charge in [0, 0.05) is 18.5 Å². The number of carbonyl (C=O) groups excluding carboxylic acids is 2. The Kier molecular flexibility index (Phi) is 4.75. The first-order valence-corrected chi connectivity index (χ1v) is 8.78. The minimum absolute atomic E-state index is 0.0406. The minimum atomic E-state index is -0.600. The lowest BCUT2D eigenvalue weighted by Gasteiger charge is -2.34. The molecule has 0 unspecified atom stereocenters. The average Bonchev–Trinajstić information content (AvgIpc) is 2.59. The Hall–Kier alpha value is -3.14. The number of hydrogen-bond donors (Lipinski definition) is 0. The molecule has 1 saturated heterocycles. The third kappa shape index (κ3) is 4.00. The van der Waals surface area contributed by atoms with Crippen molar-refractivity contribution in [3.05, 3.63) is 35.4 Å². The van der Waals surface area contributed by atoms with Crippen molar-refractivity contribution in [3.8, 4) is 6.07 Å². The molecule has 1 fully saturated rings. The van der Waals surface area contributed by atoms with E-state index in [-0.39, 0.29) is 12.5 Å². The van der Waals surface area contributed by atoms with Crippen molar-refractivity contribution in [2.45, 2.75) is 33.3 Å². The number of carbonyl (C=O) groups is 2. The van der Waals surface area contributed by atoms with E-state index >= 15 is 0 Å². The van der Waals surface area contributed by atoms with Gasteiger partial charge in [0.15, 0.2) is 0 Å². The molecule has 140 valence electrons. The van der Waals surface area contributed by atoms with Crippen molar-refractivity contribution in [3.63, 3.8) is 0 Å². The first-order chi connectivity index (χ1) is 12.7. The number of nitrogens with zero attached hydrogens (tertiary/aromatic N) is 4. The van der Waals surface area contributed by atoms with Crippen molar-refractivity contribution >= 4 is 28.7 Å². The van der Waals surface area contributed by atoms with Gasteiger partial charge in [0.25, 0.3) is 0 Å². The Bertz CT molecular complexity index is 956. The number of ether oxygens (including phenoxy) is 1. The molecule has 0 spiro atoms. The Morgan fingerprint density at radius 2 is 2.00 bits per heavy atom. The second-order valence-electron chi connectivity index (χ2n) is 7.59. The highest BCUT2D eigenvalue weighted by molar-refractivity contribution is 5.97. The molecule has 3 rings (SSSR count). The fourth-order valence-corrected chi connectivity index (χ4v) is 2.93. The van der Waals surface area contributed by atoms with Crippen LogP contribution in [0, 0.1) is 18.3 Å². The molecule has 1 aliphatic rings. The summed E-state index contributed by atoms with van der Waals surface area (Å²) < 4.78 is 5.33. The van der Waals surface area contributed by atoms with Gasteiger partial charge >= 0.3 is 6.09 Å². The van der Waals surface area contributed by atoms with Crippen LogP contribution in [-0.4, -0.2) is 47.1 Å². The Morgan fingerprint density at radius 1 is 1.26 bits per heavy atom. The van der Waals surface area contributed by atoms with Crippen molar-refractivity contribution in [2.24, 2.45) is 0 Å². The zero-order valence-electron chi connectivity index (χ0n) is 15.9. The number of nitriles is 1. The molecule has 0 atom stereocenters. The van der Waals surface area contributed by atoms with Gasteiger partial charge in [0.1, 0.15) is 18.0 Å². The molecule has 0 N–H and O–H groups in total. The van der Waals surface area contributed by atoms with E-state index in [9.17, 15) is 9.59 Å². The number of anilines is 1. The van der Waals surface area contributed by atoms with Crippen LogP contribution in [0.1, 0.15) is 31.9 Å². The quantitative estimate of drug-likeness (QED) is 0.774. The molecule has 7 heteroatoms. The highest BCUT2D eigenvalue weighted by Crippen LogP contribution is 2.23. The fraction of sp³-hybridized carbons (Fsp3) is 0.400. The summed E-state index contributed by atoms with van der Waals surface area (Å²) >= 11 is 0. The molecular formula is C20H22N4O3. The van der Waals surface area contributed by atoms with Crippen LogP contribution in [0.15, 0.2) is 24.3 Å². The molecule has 2 amide bonds. The first-order valence-electron chi connectivity index (χ1n) is 8.78. The number of aromatic nitrogens is 1. The summed E-state index contributed by atoms with van der Waals surface area (Å²) in [5.41, 5.74) is 1.58. The average molecular weight is 366 g/mol. The van der Waals surface area contributed by atoms with Gasteiger partial charge in [-0.3, -0.25) is 14.6 Å². The number of hydrogen-bond acceptors (Lipinski definition) is 5. The van der Waals surface area contributed by atoms with Crippen LogP contribution in [-0.2, 0) is 9.53 Å². The van der Waals surface area contributed by atoms with Crippen LogP contribution >= 0.6 is 0 Å². The molecule has 7 nitrogen and oxygen atoms in total. The summed E-state index contributed by atoms with van der Waals surface area (Å²) in [5.74, 6) is 0.338. The molecule has 2 aromatic rings. The molecule has 1 aliphatic heterocycles. The van der Waals surface area contributed by atoms with Gasteiger partial charge in [0.2, 0.25) is 5.91 Å². The SMILES string of the molecule is Cc1cc2nc(N3CCN(C(=O)OC(C)(C)C)CC3=O)ccc2cc1C#N. The maximum atomic E-state index is 12.6. The number of fused-ring (bicyclic) bond motifs is 1. The van der Waals surface area contributed by atoms with Crippen LogP contribution in [0.3, 0.4) is 0 Å². The minimum Gasteiger partial charge on any atom is -0.444 e. The van der Waals surface area contributed by atoms with E-state index in [0.29, 0.717) is 24.5 Å². The summed E-state index contributed by atoms with van der Waals surface area (Å²) in [7, 11) is 0. The van der Waals surface area contributed by atoms with Gasteiger partial charge in [-0.25, -0.2) is 9.78 Å². The lowest BCUT2D eigenvalue weighted by molar-refractivity contribution is -0.121. The van der Waals surface area contributed by atoms with Crippen molar-refractivity contribution in [2.75, 3.05) is 24.5 Å². The first kappa shape index (κ1) is 18.6. The molecule has 2 heterocycles. The molecule has 0 aliphatic carbocycles. The molecular weight excluding hydrogens is 344 g/mol. The van der Waals surface area contributed by atoms with Gasteiger partial charge in [-0.15, -0.1) is 0 Å². The van der Waals surface area contributed by atoms with E-state index in [4.69, 9.17) is 10.00 Å². The molecule has 0 saturated carbocycles. The third-order valence-corrected chi connectivity index (χ3v) is 4.29. The van der Waals surface area contributed by atoms with Crippen LogP contribution in [0.25, 0.3) is 10.9 Å². The van der Waals surface area contributed by atoms with Crippen LogP contribution < -0.4 is 4.90 Å². The summed E-state index contributed by atoms with van der Waals surface area (Å²) in [5, 5.41) is 9.99. The Balaban J connectivity index is 1.79. The molecule has 0 bridgehead atoms. The normalized spacial score (nSPS) is 15.0. The number of benzene rings is 1. The smallest absolute Gasteiger partial charge is 0.410 e. The monoisotopic (exact) mass is 366 g/mol. The number of rotatable bonds is 1. The van der Waals surface area contributed by atoms with E-state index in [1.807, 2.05) is 19.1 Å². The highest BCUT2D eigenvalue weighted by Gasteiger charge is 2.31. The van der Waals surface area contributed by atoms with Crippen LogP contribution in [0.2, 0.25) is 0 Å². The van der Waals surface area contributed by atoms with Gasteiger partial charge in [-0.2, -0.15) is 5.26 Å².